The predicted molar refractivity (Wildman–Crippen MR) is 99.4 cm³/mol. The maximum absolute atomic E-state index is 12.6. The molecule has 0 fully saturated rings. The molecule has 1 aliphatic rings. The van der Waals surface area contributed by atoms with Gasteiger partial charge in [-0.1, -0.05) is 24.6 Å². The Bertz CT molecular complexity index is 1030. The van der Waals surface area contributed by atoms with Crippen molar-refractivity contribution in [3.63, 3.8) is 0 Å². The summed E-state index contributed by atoms with van der Waals surface area (Å²) in [5, 5.41) is 1.02. The van der Waals surface area contributed by atoms with E-state index in [1.54, 1.807) is 30.3 Å². The number of benzene rings is 2. The summed E-state index contributed by atoms with van der Waals surface area (Å²) in [6.07, 6.45) is 3.08. The number of hydrogen-bond acceptors (Lipinski definition) is 3. The van der Waals surface area contributed by atoms with Crippen molar-refractivity contribution in [2.24, 2.45) is 5.92 Å². The first kappa shape index (κ1) is 16.2. The van der Waals surface area contributed by atoms with Crippen LogP contribution in [0.1, 0.15) is 30.2 Å². The van der Waals surface area contributed by atoms with Gasteiger partial charge in [0.1, 0.15) is 11.3 Å². The first-order chi connectivity index (χ1) is 11.9. The maximum Gasteiger partial charge on any atom is 0.261 e. The van der Waals surface area contributed by atoms with Crippen molar-refractivity contribution in [3.05, 3.63) is 59.4 Å². The summed E-state index contributed by atoms with van der Waals surface area (Å²) < 4.78 is 33.8. The highest BCUT2D eigenvalue weighted by Gasteiger charge is 2.22. The molecule has 130 valence electrons. The molecule has 0 spiro atoms. The lowest BCUT2D eigenvalue weighted by Crippen LogP contribution is -2.13. The predicted octanol–water partition coefficient (Wildman–Crippen LogP) is 4.67. The number of furan rings is 1. The van der Waals surface area contributed by atoms with E-state index in [1.807, 2.05) is 19.1 Å². The molecular weight excluding hydrogens is 334 g/mol. The molecule has 0 unspecified atom stereocenters. The van der Waals surface area contributed by atoms with Gasteiger partial charge in [0.05, 0.1) is 4.90 Å². The summed E-state index contributed by atoms with van der Waals surface area (Å²) in [6, 6.07) is 12.3. The largest absolute Gasteiger partial charge is 0.461 e. The Kier molecular flexibility index (Phi) is 3.84. The Morgan fingerprint density at radius 1 is 1.12 bits per heavy atom. The molecule has 4 rings (SSSR count). The number of hydrogen-bond donors (Lipinski definition) is 1. The van der Waals surface area contributed by atoms with Crippen molar-refractivity contribution < 1.29 is 12.8 Å². The van der Waals surface area contributed by atoms with Crippen LogP contribution in [-0.4, -0.2) is 8.42 Å². The lowest BCUT2D eigenvalue weighted by molar-refractivity contribution is 0.426. The lowest BCUT2D eigenvalue weighted by atomic mass is 9.88. The Labute approximate surface area is 147 Å². The molecule has 3 aromatic rings. The Balaban J connectivity index is 1.69. The quantitative estimate of drug-likeness (QED) is 0.743. The molecule has 1 N–H and O–H groups in total. The van der Waals surface area contributed by atoms with E-state index in [0.717, 1.165) is 41.6 Å². The normalized spacial score (nSPS) is 17.4. The summed E-state index contributed by atoms with van der Waals surface area (Å²) >= 11 is 0. The van der Waals surface area contributed by atoms with Gasteiger partial charge in [-0.25, -0.2) is 8.42 Å². The van der Waals surface area contributed by atoms with Gasteiger partial charge in [-0.05, 0) is 56.0 Å². The van der Waals surface area contributed by atoms with Gasteiger partial charge in [-0.15, -0.1) is 0 Å². The summed E-state index contributed by atoms with van der Waals surface area (Å²) in [5.41, 5.74) is 3.65. The van der Waals surface area contributed by atoms with Gasteiger partial charge in [0.2, 0.25) is 0 Å². The van der Waals surface area contributed by atoms with E-state index in [9.17, 15) is 8.42 Å². The van der Waals surface area contributed by atoms with Crippen LogP contribution in [0.5, 0.6) is 0 Å². The number of anilines is 1. The Morgan fingerprint density at radius 3 is 2.64 bits per heavy atom. The van der Waals surface area contributed by atoms with Crippen molar-refractivity contribution in [2.45, 2.75) is 38.0 Å². The molecule has 1 atom stereocenters. The zero-order valence-corrected chi connectivity index (χ0v) is 15.2. The van der Waals surface area contributed by atoms with Gasteiger partial charge in [0.25, 0.3) is 10.0 Å². The number of sulfonamides is 1. The smallest absolute Gasteiger partial charge is 0.261 e. The SMILES string of the molecule is Cc1ccc(S(=O)(=O)Nc2ccc3oc4c(c3c2)CC[C@H](C)C4)cc1. The minimum atomic E-state index is -3.59. The molecule has 1 heterocycles. The summed E-state index contributed by atoms with van der Waals surface area (Å²) in [6.45, 7) is 4.16. The highest BCUT2D eigenvalue weighted by atomic mass is 32.2. The molecule has 0 bridgehead atoms. The second kappa shape index (κ2) is 5.92. The average molecular weight is 355 g/mol. The topological polar surface area (TPSA) is 59.3 Å². The molecule has 0 saturated carbocycles. The van der Waals surface area contributed by atoms with Crippen molar-refractivity contribution in [3.8, 4) is 0 Å². The fourth-order valence-electron chi connectivity index (χ4n) is 3.44. The zero-order valence-electron chi connectivity index (χ0n) is 14.4. The van der Waals surface area contributed by atoms with Crippen LogP contribution in [0, 0.1) is 12.8 Å². The van der Waals surface area contributed by atoms with E-state index in [2.05, 4.69) is 11.6 Å². The van der Waals surface area contributed by atoms with Crippen LogP contribution in [-0.2, 0) is 22.9 Å². The molecule has 5 heteroatoms. The highest BCUT2D eigenvalue weighted by molar-refractivity contribution is 7.92. The molecule has 2 aromatic carbocycles. The minimum Gasteiger partial charge on any atom is -0.461 e. The van der Waals surface area contributed by atoms with Gasteiger partial charge in [-0.3, -0.25) is 4.72 Å². The summed E-state index contributed by atoms with van der Waals surface area (Å²) in [4.78, 5) is 0.265. The lowest BCUT2D eigenvalue weighted by Gasteiger charge is -2.16. The Morgan fingerprint density at radius 2 is 1.88 bits per heavy atom. The van der Waals surface area contributed by atoms with Crippen LogP contribution in [0.4, 0.5) is 5.69 Å². The molecule has 1 aromatic heterocycles. The maximum atomic E-state index is 12.6. The van der Waals surface area contributed by atoms with Gasteiger partial charge in [0.15, 0.2) is 0 Å². The van der Waals surface area contributed by atoms with Crippen molar-refractivity contribution in [1.29, 1.82) is 0 Å². The minimum absolute atomic E-state index is 0.265. The fraction of sp³-hybridized carbons (Fsp3) is 0.300. The van der Waals surface area contributed by atoms with Crippen LogP contribution in [0.25, 0.3) is 11.0 Å². The second-order valence-electron chi connectivity index (χ2n) is 6.98. The number of fused-ring (bicyclic) bond motifs is 3. The average Bonchev–Trinajstić information content (AvgIpc) is 2.91. The van der Waals surface area contributed by atoms with E-state index >= 15 is 0 Å². The van der Waals surface area contributed by atoms with E-state index in [4.69, 9.17) is 4.42 Å². The van der Waals surface area contributed by atoms with Gasteiger partial charge in [-0.2, -0.15) is 0 Å². The van der Waals surface area contributed by atoms with Crippen LogP contribution in [0.15, 0.2) is 51.8 Å². The van der Waals surface area contributed by atoms with Gasteiger partial charge < -0.3 is 4.42 Å². The van der Waals surface area contributed by atoms with Crippen LogP contribution in [0.3, 0.4) is 0 Å². The zero-order chi connectivity index (χ0) is 17.6. The van der Waals surface area contributed by atoms with E-state index in [0.29, 0.717) is 11.6 Å². The third kappa shape index (κ3) is 3.04. The van der Waals surface area contributed by atoms with Crippen LogP contribution in [0.2, 0.25) is 0 Å². The van der Waals surface area contributed by atoms with Gasteiger partial charge in [0, 0.05) is 23.1 Å². The van der Waals surface area contributed by atoms with Crippen LogP contribution >= 0.6 is 0 Å². The first-order valence-corrected chi connectivity index (χ1v) is 10.0. The molecule has 25 heavy (non-hydrogen) atoms. The van der Waals surface area contributed by atoms with E-state index < -0.39 is 10.0 Å². The Hall–Kier alpha value is -2.27. The third-order valence-corrected chi connectivity index (χ3v) is 6.28. The first-order valence-electron chi connectivity index (χ1n) is 8.56. The standard InChI is InChI=1S/C20H21NO3S/c1-13-3-7-16(8-4-13)25(22,23)21-15-6-10-19-18(12-15)17-9-5-14(2)11-20(17)24-19/h3-4,6-8,10,12,14,21H,5,9,11H2,1-2H3/t14-/m0/s1. The molecular formula is C20H21NO3S. The molecule has 0 radical (unpaired) electrons. The van der Waals surface area contributed by atoms with Crippen LogP contribution < -0.4 is 4.72 Å². The third-order valence-electron chi connectivity index (χ3n) is 4.88. The van der Waals surface area contributed by atoms with E-state index in [-0.39, 0.29) is 4.90 Å². The van der Waals surface area contributed by atoms with E-state index in [1.165, 1.54) is 5.56 Å². The molecule has 1 aliphatic carbocycles. The van der Waals surface area contributed by atoms with Crippen molar-refractivity contribution in [2.75, 3.05) is 4.72 Å². The molecule has 0 amide bonds. The number of nitrogens with one attached hydrogen (secondary N) is 1. The second-order valence-corrected chi connectivity index (χ2v) is 8.66. The molecule has 0 aliphatic heterocycles. The molecule has 0 saturated heterocycles. The van der Waals surface area contributed by atoms with Crippen molar-refractivity contribution in [1.82, 2.24) is 0 Å². The number of rotatable bonds is 3. The summed E-state index contributed by atoms with van der Waals surface area (Å²) in [7, 11) is -3.59. The van der Waals surface area contributed by atoms with Gasteiger partial charge >= 0.3 is 0 Å². The number of aryl methyl sites for hydroxylation is 2. The molecule has 4 nitrogen and oxygen atoms in total. The highest BCUT2D eigenvalue weighted by Crippen LogP contribution is 2.35. The monoisotopic (exact) mass is 355 g/mol. The summed E-state index contributed by atoms with van der Waals surface area (Å²) in [5.74, 6) is 1.68. The fourth-order valence-corrected chi connectivity index (χ4v) is 4.49. The van der Waals surface area contributed by atoms with Crippen molar-refractivity contribution >= 4 is 26.7 Å².